The maximum Gasteiger partial charge on any atom is 2.00 e. The van der Waals surface area contributed by atoms with Gasteiger partial charge in [-0.1, -0.05) is 42.3 Å². The third-order valence-electron chi connectivity index (χ3n) is 9.39. The van der Waals surface area contributed by atoms with Gasteiger partial charge in [0.25, 0.3) is 0 Å². The molecular weight excluding hydrogens is 766 g/mol. The van der Waals surface area contributed by atoms with Gasteiger partial charge < -0.3 is 18.9 Å². The Morgan fingerprint density at radius 2 is 1.70 bits per heavy atom. The molecule has 7 nitrogen and oxygen atoms in total. The standard InChI is InChI=1S/C39H39N5O2.Pt/c1-24-19-29(42(5)6)20-25(2)38(24)39-26(3)41-44(27(39)4)28-11-10-12-31(21-28)46-32-15-16-34-33-13-8-9-14-35(33)43(36(34)22-32)37-23-30(45-7)17-18-40-37;/h8-19,23,25,29,38H,20H2,1-7H3;/q-2;+2/t25-,29-,38?;/m0./s1. The summed E-state index contributed by atoms with van der Waals surface area (Å²) in [7, 11) is 5.98. The van der Waals surface area contributed by atoms with Crippen LogP contribution in [0.3, 0.4) is 0 Å². The second-order valence-electron chi connectivity index (χ2n) is 12.6. The first-order valence-electron chi connectivity index (χ1n) is 15.8. The maximum atomic E-state index is 6.42. The summed E-state index contributed by atoms with van der Waals surface area (Å²) in [6, 6.07) is 29.5. The summed E-state index contributed by atoms with van der Waals surface area (Å²) in [6.07, 6.45) is 5.31. The van der Waals surface area contributed by atoms with E-state index in [1.807, 2.05) is 53.2 Å². The molecule has 7 rings (SSSR count). The Kier molecular flexibility index (Phi) is 9.15. The van der Waals surface area contributed by atoms with Gasteiger partial charge in [0, 0.05) is 52.5 Å². The third kappa shape index (κ3) is 5.92. The van der Waals surface area contributed by atoms with Crippen molar-refractivity contribution >= 4 is 21.8 Å². The zero-order valence-electron chi connectivity index (χ0n) is 27.8. The molecule has 6 aromatic rings. The average molecular weight is 805 g/mol. The summed E-state index contributed by atoms with van der Waals surface area (Å²) in [5.41, 5.74) is 7.68. The number of para-hydroxylation sites is 1. The number of methoxy groups -OCH3 is 1. The summed E-state index contributed by atoms with van der Waals surface area (Å²) >= 11 is 0. The zero-order valence-corrected chi connectivity index (χ0v) is 30.1. The molecule has 3 aromatic carbocycles. The van der Waals surface area contributed by atoms with Crippen LogP contribution in [0.5, 0.6) is 17.2 Å². The van der Waals surface area contributed by atoms with Crippen molar-refractivity contribution in [1.29, 1.82) is 0 Å². The number of pyridine rings is 1. The molecule has 0 amide bonds. The number of aryl methyl sites for hydroxylation is 1. The van der Waals surface area contributed by atoms with Gasteiger partial charge in [0.05, 0.1) is 12.8 Å². The number of likely N-dealkylation sites (N-methyl/N-ethyl adjacent to an activating group) is 1. The molecule has 0 N–H and O–H groups in total. The Balaban J connectivity index is 0.00000386. The minimum absolute atomic E-state index is 0. The third-order valence-corrected chi connectivity index (χ3v) is 9.39. The van der Waals surface area contributed by atoms with Crippen molar-refractivity contribution in [3.05, 3.63) is 114 Å². The minimum Gasteiger partial charge on any atom is -0.509 e. The van der Waals surface area contributed by atoms with Crippen LogP contribution in [0, 0.1) is 31.9 Å². The van der Waals surface area contributed by atoms with E-state index in [2.05, 4.69) is 92.6 Å². The van der Waals surface area contributed by atoms with Crippen molar-refractivity contribution in [2.24, 2.45) is 5.92 Å². The van der Waals surface area contributed by atoms with E-state index in [0.29, 0.717) is 29.4 Å². The number of ether oxygens (including phenoxy) is 2. The fourth-order valence-corrected chi connectivity index (χ4v) is 7.21. The molecule has 8 heteroatoms. The van der Waals surface area contributed by atoms with Gasteiger partial charge in [-0.2, -0.15) is 17.2 Å². The number of hydrogen-bond donors (Lipinski definition) is 0. The Morgan fingerprint density at radius 3 is 2.47 bits per heavy atom. The number of rotatable bonds is 7. The minimum atomic E-state index is 0. The molecule has 3 heterocycles. The zero-order chi connectivity index (χ0) is 32.1. The summed E-state index contributed by atoms with van der Waals surface area (Å²) in [5, 5.41) is 7.20. The number of aromatic nitrogens is 4. The summed E-state index contributed by atoms with van der Waals surface area (Å²) in [6.45, 7) is 8.93. The molecule has 1 aliphatic rings. The number of nitrogens with zero attached hydrogens (tertiary/aromatic N) is 5. The molecule has 0 saturated heterocycles. The molecule has 0 spiro atoms. The van der Waals surface area contributed by atoms with Gasteiger partial charge in [-0.25, -0.2) is 4.98 Å². The molecule has 0 bridgehead atoms. The van der Waals surface area contributed by atoms with Gasteiger partial charge in [-0.15, -0.1) is 35.7 Å². The van der Waals surface area contributed by atoms with Gasteiger partial charge in [0.1, 0.15) is 11.6 Å². The monoisotopic (exact) mass is 804 g/mol. The van der Waals surface area contributed by atoms with Gasteiger partial charge in [0.15, 0.2) is 0 Å². The number of allylic oxidation sites excluding steroid dienone is 1. The van der Waals surface area contributed by atoms with E-state index in [4.69, 9.17) is 14.6 Å². The van der Waals surface area contributed by atoms with E-state index in [-0.39, 0.29) is 21.1 Å². The quantitative estimate of drug-likeness (QED) is 0.120. The normalized spacial score (nSPS) is 18.0. The van der Waals surface area contributed by atoms with E-state index in [0.717, 1.165) is 56.9 Å². The molecule has 242 valence electrons. The Morgan fingerprint density at radius 1 is 0.915 bits per heavy atom. The Bertz CT molecular complexity index is 2110. The number of fused-ring (bicyclic) bond motifs is 3. The smallest absolute Gasteiger partial charge is 0.509 e. The van der Waals surface area contributed by atoms with Crippen molar-refractivity contribution in [2.75, 3.05) is 21.2 Å². The van der Waals surface area contributed by atoms with Crippen LogP contribution in [0.25, 0.3) is 33.3 Å². The van der Waals surface area contributed by atoms with Crippen LogP contribution >= 0.6 is 0 Å². The van der Waals surface area contributed by atoms with Crippen LogP contribution in [-0.4, -0.2) is 51.5 Å². The van der Waals surface area contributed by atoms with Crippen LogP contribution in [0.15, 0.2) is 84.6 Å². The van der Waals surface area contributed by atoms with Crippen LogP contribution in [0.1, 0.15) is 43.1 Å². The molecule has 3 aromatic heterocycles. The van der Waals surface area contributed by atoms with Crippen molar-refractivity contribution in [3.63, 3.8) is 0 Å². The largest absolute Gasteiger partial charge is 2.00 e. The van der Waals surface area contributed by atoms with Crippen molar-refractivity contribution in [2.45, 2.75) is 46.1 Å². The summed E-state index contributed by atoms with van der Waals surface area (Å²) in [5.74, 6) is 3.54. The maximum absolute atomic E-state index is 6.42. The van der Waals surface area contributed by atoms with Gasteiger partial charge in [0.2, 0.25) is 0 Å². The van der Waals surface area contributed by atoms with Crippen LogP contribution in [0.2, 0.25) is 0 Å². The molecule has 1 aliphatic carbocycles. The van der Waals surface area contributed by atoms with Crippen LogP contribution in [-0.2, 0) is 21.1 Å². The van der Waals surface area contributed by atoms with Crippen LogP contribution in [0.4, 0.5) is 0 Å². The Hall–Kier alpha value is -4.19. The molecule has 47 heavy (non-hydrogen) atoms. The van der Waals surface area contributed by atoms with E-state index < -0.39 is 0 Å². The van der Waals surface area contributed by atoms with Crippen molar-refractivity contribution < 1.29 is 30.5 Å². The number of benzene rings is 3. The SMILES string of the molecule is COc1ccnc(-n2c3[c-]c(Oc4[c-]c(-n5nc(C)c(C6C(C)=C[C@H](N(C)C)C[C@@H]6C)c5C)ccc4)ccc3c3ccccc32)c1.[Pt+2]. The van der Waals surface area contributed by atoms with E-state index >= 15 is 0 Å². The molecule has 0 aliphatic heterocycles. The molecule has 3 atom stereocenters. The fraction of sp³-hybridized carbons (Fsp3) is 0.282. The fourth-order valence-electron chi connectivity index (χ4n) is 7.21. The van der Waals surface area contributed by atoms with Gasteiger partial charge >= 0.3 is 21.1 Å². The summed E-state index contributed by atoms with van der Waals surface area (Å²) < 4.78 is 16.0. The van der Waals surface area contributed by atoms with Crippen LogP contribution < -0.4 is 9.47 Å². The molecular formula is C39H39N5O2Pt. The Labute approximate surface area is 291 Å². The molecule has 1 unspecified atom stereocenters. The van der Waals surface area contributed by atoms with E-state index in [1.165, 1.54) is 11.1 Å². The van der Waals surface area contributed by atoms with Gasteiger partial charge in [-0.05, 0) is 70.4 Å². The first kappa shape index (κ1) is 32.7. The predicted molar refractivity (Wildman–Crippen MR) is 184 cm³/mol. The first-order chi connectivity index (χ1) is 22.2. The first-order valence-corrected chi connectivity index (χ1v) is 15.8. The van der Waals surface area contributed by atoms with E-state index in [9.17, 15) is 0 Å². The van der Waals surface area contributed by atoms with Crippen molar-refractivity contribution in [1.82, 2.24) is 24.2 Å². The number of hydrogen-bond acceptors (Lipinski definition) is 5. The molecule has 0 radical (unpaired) electrons. The average Bonchev–Trinajstić information content (AvgIpc) is 3.53. The second kappa shape index (κ2) is 13.1. The van der Waals surface area contributed by atoms with Gasteiger partial charge in [-0.3, -0.25) is 4.68 Å². The molecule has 0 saturated carbocycles. The second-order valence-corrected chi connectivity index (χ2v) is 12.6. The topological polar surface area (TPSA) is 57.3 Å². The van der Waals surface area contributed by atoms with E-state index in [1.54, 1.807) is 13.3 Å². The molecule has 0 fully saturated rings. The predicted octanol–water partition coefficient (Wildman–Crippen LogP) is 8.38. The summed E-state index contributed by atoms with van der Waals surface area (Å²) in [4.78, 5) is 6.97. The van der Waals surface area contributed by atoms with Crippen molar-refractivity contribution in [3.8, 4) is 28.8 Å².